The zero-order valence-electron chi connectivity index (χ0n) is 14.1. The molecule has 0 saturated heterocycles. The second-order valence-corrected chi connectivity index (χ2v) is 6.28. The predicted molar refractivity (Wildman–Crippen MR) is 97.1 cm³/mol. The average molecular weight is 338 g/mol. The number of hydrogen-bond acceptors (Lipinski definition) is 4. The van der Waals surface area contributed by atoms with Gasteiger partial charge < -0.3 is 5.11 Å². The summed E-state index contributed by atoms with van der Waals surface area (Å²) in [5.74, 6) is 0.840. The van der Waals surface area contributed by atoms with Gasteiger partial charge in [0.1, 0.15) is 0 Å². The summed E-state index contributed by atoms with van der Waals surface area (Å²) in [5, 5.41) is 9.51. The summed E-state index contributed by atoms with van der Waals surface area (Å²) in [5.41, 5.74) is 1.51. The molecule has 6 heteroatoms. The smallest absolute Gasteiger partial charge is 0.414 e. The molecule has 0 aliphatic heterocycles. The van der Waals surface area contributed by atoms with Crippen molar-refractivity contribution < 1.29 is 9.90 Å². The second kappa shape index (κ2) is 8.37. The summed E-state index contributed by atoms with van der Waals surface area (Å²) < 4.78 is 0. The molecule has 1 amide bonds. The van der Waals surface area contributed by atoms with E-state index in [-0.39, 0.29) is 12.5 Å². The molecule has 0 spiro atoms. The number of carbonyl (C=O) groups is 1. The van der Waals surface area contributed by atoms with Crippen LogP contribution >= 0.6 is 0 Å². The molecule has 0 atom stereocenters. The number of aromatic nitrogens is 2. The first kappa shape index (κ1) is 17.1. The van der Waals surface area contributed by atoms with E-state index in [2.05, 4.69) is 15.0 Å². The van der Waals surface area contributed by atoms with E-state index in [1.54, 1.807) is 18.5 Å². The van der Waals surface area contributed by atoms with E-state index in [0.717, 1.165) is 17.0 Å². The molecule has 1 aromatic heterocycles. The first-order valence-electron chi connectivity index (χ1n) is 8.59. The Balaban J connectivity index is 1.71. The van der Waals surface area contributed by atoms with Crippen LogP contribution < -0.4 is 4.90 Å². The number of benzene rings is 1. The van der Waals surface area contributed by atoms with Crippen LogP contribution in [0, 0.1) is 5.92 Å². The molecule has 25 heavy (non-hydrogen) atoms. The Morgan fingerprint density at radius 3 is 2.72 bits per heavy atom. The molecule has 0 bridgehead atoms. The van der Waals surface area contributed by atoms with Gasteiger partial charge in [-0.1, -0.05) is 43.2 Å². The monoisotopic (exact) mass is 338 g/mol. The minimum absolute atomic E-state index is 0.168. The van der Waals surface area contributed by atoms with Gasteiger partial charge in [-0.15, -0.1) is 0 Å². The number of amides is 1. The molecule has 3 rings (SSSR count). The van der Waals surface area contributed by atoms with Crippen LogP contribution in [0.3, 0.4) is 0 Å². The van der Waals surface area contributed by atoms with Crippen molar-refractivity contribution in [2.24, 2.45) is 10.9 Å². The summed E-state index contributed by atoms with van der Waals surface area (Å²) >= 11 is 0. The Bertz CT molecular complexity index is 727. The molecule has 1 aliphatic carbocycles. The van der Waals surface area contributed by atoms with Gasteiger partial charge in [0.2, 0.25) is 5.95 Å². The van der Waals surface area contributed by atoms with E-state index in [1.165, 1.54) is 25.7 Å². The summed E-state index contributed by atoms with van der Waals surface area (Å²) in [4.78, 5) is 25.7. The standard InChI is InChI=1S/C19H22N4O2/c24-19(25)23(14-16-8-2-1-3-9-16)18-21-11-10-17(22-18)13-20-12-15-6-4-5-7-15/h1-3,8-11,13,15H,4-7,12,14H2,(H,24,25). The largest absolute Gasteiger partial charge is 0.465 e. The Labute approximate surface area is 147 Å². The van der Waals surface area contributed by atoms with Gasteiger partial charge in [-0.2, -0.15) is 0 Å². The SMILES string of the molecule is O=C(O)N(Cc1ccccc1)c1nccc(C=NCC2CCCC2)n1. The minimum Gasteiger partial charge on any atom is -0.465 e. The van der Waals surface area contributed by atoms with Crippen LogP contribution in [0.25, 0.3) is 0 Å². The van der Waals surface area contributed by atoms with Gasteiger partial charge in [-0.25, -0.2) is 19.7 Å². The highest BCUT2D eigenvalue weighted by Crippen LogP contribution is 2.24. The fourth-order valence-electron chi connectivity index (χ4n) is 3.04. The van der Waals surface area contributed by atoms with E-state index in [1.807, 2.05) is 30.3 Å². The Kier molecular flexibility index (Phi) is 5.72. The fourth-order valence-corrected chi connectivity index (χ4v) is 3.04. The van der Waals surface area contributed by atoms with Crippen molar-refractivity contribution in [3.63, 3.8) is 0 Å². The van der Waals surface area contributed by atoms with E-state index in [4.69, 9.17) is 0 Å². The molecule has 2 aromatic rings. The maximum Gasteiger partial charge on any atom is 0.414 e. The quantitative estimate of drug-likeness (QED) is 0.813. The first-order chi connectivity index (χ1) is 12.2. The van der Waals surface area contributed by atoms with E-state index >= 15 is 0 Å². The van der Waals surface area contributed by atoms with Gasteiger partial charge >= 0.3 is 6.09 Å². The number of hydrogen-bond donors (Lipinski definition) is 1. The number of carboxylic acid groups (broad SMARTS) is 1. The fraction of sp³-hybridized carbons (Fsp3) is 0.368. The van der Waals surface area contributed by atoms with Gasteiger partial charge in [0.25, 0.3) is 0 Å². The molecule has 1 N–H and O–H groups in total. The van der Waals surface area contributed by atoms with Gasteiger partial charge in [0.05, 0.1) is 12.2 Å². The molecule has 1 heterocycles. The highest BCUT2D eigenvalue weighted by molar-refractivity contribution is 5.84. The zero-order valence-corrected chi connectivity index (χ0v) is 14.1. The van der Waals surface area contributed by atoms with Crippen LogP contribution in [0.4, 0.5) is 10.7 Å². The highest BCUT2D eigenvalue weighted by atomic mass is 16.4. The lowest BCUT2D eigenvalue weighted by Crippen LogP contribution is -2.30. The van der Waals surface area contributed by atoms with Gasteiger partial charge in [-0.05, 0) is 30.4 Å². The topological polar surface area (TPSA) is 78.7 Å². The van der Waals surface area contributed by atoms with Crippen LogP contribution in [-0.2, 0) is 6.54 Å². The summed E-state index contributed by atoms with van der Waals surface area (Å²) in [6.45, 7) is 1.02. The minimum atomic E-state index is -1.08. The van der Waals surface area contributed by atoms with E-state index in [0.29, 0.717) is 11.6 Å². The van der Waals surface area contributed by atoms with Crippen LogP contribution in [0.5, 0.6) is 0 Å². The van der Waals surface area contributed by atoms with Gasteiger partial charge in [0, 0.05) is 19.0 Å². The second-order valence-electron chi connectivity index (χ2n) is 6.28. The van der Waals surface area contributed by atoms with Gasteiger partial charge in [-0.3, -0.25) is 4.99 Å². The normalized spacial score (nSPS) is 14.9. The highest BCUT2D eigenvalue weighted by Gasteiger charge is 2.18. The number of anilines is 1. The molecule has 0 radical (unpaired) electrons. The molecule has 1 aliphatic rings. The van der Waals surface area contributed by atoms with Crippen LogP contribution in [-0.4, -0.2) is 33.9 Å². The number of nitrogens with zero attached hydrogens (tertiary/aromatic N) is 4. The molecule has 6 nitrogen and oxygen atoms in total. The van der Waals surface area contributed by atoms with Crippen molar-refractivity contribution in [3.8, 4) is 0 Å². The maximum absolute atomic E-state index is 11.6. The summed E-state index contributed by atoms with van der Waals surface area (Å²) in [7, 11) is 0. The number of aliphatic imine (C=N–C) groups is 1. The lowest BCUT2D eigenvalue weighted by Gasteiger charge is -2.17. The van der Waals surface area contributed by atoms with Crippen molar-refractivity contribution in [2.45, 2.75) is 32.2 Å². The summed E-state index contributed by atoms with van der Waals surface area (Å²) in [6.07, 6.45) is 7.29. The molecular formula is C19H22N4O2. The van der Waals surface area contributed by atoms with Crippen LogP contribution in [0.2, 0.25) is 0 Å². The van der Waals surface area contributed by atoms with Crippen molar-refractivity contribution in [2.75, 3.05) is 11.4 Å². The predicted octanol–water partition coefficient (Wildman–Crippen LogP) is 3.77. The first-order valence-corrected chi connectivity index (χ1v) is 8.59. The van der Waals surface area contributed by atoms with E-state index in [9.17, 15) is 9.90 Å². The third-order valence-electron chi connectivity index (χ3n) is 4.38. The third kappa shape index (κ3) is 4.86. The Hall–Kier alpha value is -2.76. The lowest BCUT2D eigenvalue weighted by molar-refractivity contribution is 0.201. The molecule has 130 valence electrons. The molecule has 1 fully saturated rings. The average Bonchev–Trinajstić information content (AvgIpc) is 3.14. The molecular weight excluding hydrogens is 316 g/mol. The summed E-state index contributed by atoms with van der Waals surface area (Å²) in [6, 6.07) is 11.1. The van der Waals surface area contributed by atoms with Gasteiger partial charge in [0.15, 0.2) is 0 Å². The Morgan fingerprint density at radius 1 is 1.24 bits per heavy atom. The van der Waals surface area contributed by atoms with Crippen molar-refractivity contribution in [1.82, 2.24) is 9.97 Å². The lowest BCUT2D eigenvalue weighted by atomic mass is 10.1. The maximum atomic E-state index is 11.6. The van der Waals surface area contributed by atoms with Crippen molar-refractivity contribution >= 4 is 18.3 Å². The van der Waals surface area contributed by atoms with Crippen LogP contribution in [0.1, 0.15) is 36.9 Å². The molecule has 1 saturated carbocycles. The Morgan fingerprint density at radius 2 is 2.00 bits per heavy atom. The molecule has 0 unspecified atom stereocenters. The molecule has 1 aromatic carbocycles. The van der Waals surface area contributed by atoms with Crippen LogP contribution in [0.15, 0.2) is 47.6 Å². The third-order valence-corrected chi connectivity index (χ3v) is 4.38. The number of rotatable bonds is 6. The van der Waals surface area contributed by atoms with Crippen molar-refractivity contribution in [3.05, 3.63) is 53.9 Å². The van der Waals surface area contributed by atoms with Crippen molar-refractivity contribution in [1.29, 1.82) is 0 Å². The zero-order chi connectivity index (χ0) is 17.5. The van der Waals surface area contributed by atoms with E-state index < -0.39 is 6.09 Å².